The molecule has 0 aromatic heterocycles. The molecule has 2 aromatic rings. The van der Waals surface area contributed by atoms with Gasteiger partial charge in [0.05, 0.1) is 8.48 Å². The molecule has 0 saturated carbocycles. The lowest BCUT2D eigenvalue weighted by Gasteiger charge is -2.23. The van der Waals surface area contributed by atoms with Gasteiger partial charge in [0.25, 0.3) is 0 Å². The van der Waals surface area contributed by atoms with Crippen molar-refractivity contribution < 1.29 is 26.6 Å². The maximum atomic E-state index is 13.1. The minimum absolute atomic E-state index is 0.0129. The summed E-state index contributed by atoms with van der Waals surface area (Å²) in [6, 6.07) is 14.5. The number of esters is 1. The highest BCUT2D eigenvalue weighted by atomic mass is 16.5. The van der Waals surface area contributed by atoms with Crippen molar-refractivity contribution in [3.63, 3.8) is 0 Å². The monoisotopic (exact) mass is 428 g/mol. The van der Waals surface area contributed by atoms with Crippen LogP contribution in [0.2, 0.25) is 0 Å². The summed E-state index contributed by atoms with van der Waals surface area (Å²) in [5.41, 5.74) is 1.53. The van der Waals surface area contributed by atoms with Crippen molar-refractivity contribution in [2.45, 2.75) is 45.3 Å². The van der Waals surface area contributed by atoms with Gasteiger partial charge in [0, 0.05) is 7.79 Å². The number of ether oxygens (including phenoxy) is 2. The molecular formula is C24H30N2O5. The van der Waals surface area contributed by atoms with E-state index in [1.807, 2.05) is 24.3 Å². The van der Waals surface area contributed by atoms with Crippen LogP contribution in [0.5, 0.6) is 0 Å². The Bertz CT molecular complexity index is 927. The molecule has 7 nitrogen and oxygen atoms in total. The zero-order valence-electron chi connectivity index (χ0n) is 20.0. The van der Waals surface area contributed by atoms with Gasteiger partial charge in [-0.1, -0.05) is 74.5 Å². The molecule has 7 heteroatoms. The van der Waals surface area contributed by atoms with E-state index < -0.39 is 42.3 Å². The number of hydrogen-bond donors (Lipinski definition) is 2. The first-order valence-electron chi connectivity index (χ1n) is 11.1. The number of methoxy groups -OCH3 is 1. The fourth-order valence-corrected chi connectivity index (χ4v) is 2.79. The van der Waals surface area contributed by atoms with Crippen LogP contribution in [0.15, 0.2) is 60.7 Å². The number of rotatable bonds is 10. The van der Waals surface area contributed by atoms with Gasteiger partial charge >= 0.3 is 12.1 Å². The lowest BCUT2D eigenvalue weighted by atomic mass is 10.0. The number of benzene rings is 2. The predicted molar refractivity (Wildman–Crippen MR) is 117 cm³/mol. The summed E-state index contributed by atoms with van der Waals surface area (Å²) in [6.07, 6.45) is -2.03. The Kier molecular flexibility index (Phi) is 8.34. The summed E-state index contributed by atoms with van der Waals surface area (Å²) in [6.45, 7) is 3.34. The summed E-state index contributed by atoms with van der Waals surface area (Å²) in [7, 11) is 1.09. The summed E-state index contributed by atoms with van der Waals surface area (Å²) < 4.78 is 26.7. The maximum Gasteiger partial charge on any atom is 0.408 e. The van der Waals surface area contributed by atoms with E-state index in [2.05, 4.69) is 15.4 Å². The molecule has 2 amide bonds. The minimum atomic E-state index is -2.34. The second kappa shape index (κ2) is 12.4. The van der Waals surface area contributed by atoms with Gasteiger partial charge in [-0.2, -0.15) is 0 Å². The van der Waals surface area contributed by atoms with Gasteiger partial charge in [-0.3, -0.25) is 4.79 Å². The largest absolute Gasteiger partial charge is 0.467 e. The Morgan fingerprint density at radius 1 is 0.968 bits per heavy atom. The number of nitrogens with one attached hydrogen (secondary N) is 2. The van der Waals surface area contributed by atoms with Crippen LogP contribution in [-0.4, -0.2) is 37.1 Å². The smallest absolute Gasteiger partial charge is 0.408 e. The quantitative estimate of drug-likeness (QED) is 0.567. The van der Waals surface area contributed by atoms with Gasteiger partial charge in [0.2, 0.25) is 5.91 Å². The standard InChI is InChI=1S/C24H30N2O5/c1-17(2)14-21(23(28)30-3)25-22(27)20(15-18-10-6-4-7-11-18)26-24(29)31-16-19-12-8-5-9-13-19/h4-13,17,20-21H,14-16H2,1-3H3,(H,25,27)(H,26,29)/t20-,21-/m0/s1/i14D,21D/t14-,20-,21-. The minimum Gasteiger partial charge on any atom is -0.467 e. The molecule has 0 bridgehead atoms. The summed E-state index contributed by atoms with van der Waals surface area (Å²) in [5, 5.41) is 4.83. The van der Waals surface area contributed by atoms with Crippen LogP contribution in [0.25, 0.3) is 0 Å². The zero-order chi connectivity index (χ0) is 24.4. The van der Waals surface area contributed by atoms with Crippen molar-refractivity contribution in [3.05, 3.63) is 71.8 Å². The van der Waals surface area contributed by atoms with Gasteiger partial charge < -0.3 is 20.1 Å². The predicted octanol–water partition coefficient (Wildman–Crippen LogP) is 3.23. The van der Waals surface area contributed by atoms with Crippen molar-refractivity contribution >= 4 is 18.0 Å². The molecule has 0 saturated heterocycles. The van der Waals surface area contributed by atoms with E-state index in [1.54, 1.807) is 50.2 Å². The Morgan fingerprint density at radius 2 is 1.55 bits per heavy atom. The SMILES string of the molecule is [2H][C@@H](C(C)C)[C@]([2H])(NC(=O)[C@H](Cc1ccccc1)NC(=O)OCc1ccccc1)C(=O)OC. The first-order chi connectivity index (χ1) is 15.7. The lowest BCUT2D eigenvalue weighted by Crippen LogP contribution is -2.53. The van der Waals surface area contributed by atoms with Crippen LogP contribution in [0.3, 0.4) is 0 Å². The molecule has 2 aromatic carbocycles. The van der Waals surface area contributed by atoms with E-state index in [1.165, 1.54) is 0 Å². The lowest BCUT2D eigenvalue weighted by molar-refractivity contribution is -0.145. The molecule has 2 N–H and O–H groups in total. The number of hydrogen-bond acceptors (Lipinski definition) is 5. The maximum absolute atomic E-state index is 13.1. The topological polar surface area (TPSA) is 93.7 Å². The third-order valence-corrected chi connectivity index (χ3v) is 4.27. The van der Waals surface area contributed by atoms with Crippen LogP contribution in [0.4, 0.5) is 4.79 Å². The highest BCUT2D eigenvalue weighted by Gasteiger charge is 2.28. The van der Waals surface area contributed by atoms with Gasteiger partial charge in [0.1, 0.15) is 18.7 Å². The molecule has 0 fully saturated rings. The molecule has 0 heterocycles. The van der Waals surface area contributed by atoms with Crippen LogP contribution < -0.4 is 10.6 Å². The Balaban J connectivity index is 2.19. The third-order valence-electron chi connectivity index (χ3n) is 4.27. The fraction of sp³-hybridized carbons (Fsp3) is 0.375. The first kappa shape index (κ1) is 20.9. The molecule has 0 aliphatic rings. The van der Waals surface area contributed by atoms with Crippen molar-refractivity contribution in [2.75, 3.05) is 7.11 Å². The fourth-order valence-electron chi connectivity index (χ4n) is 2.79. The second-order valence-electron chi connectivity index (χ2n) is 7.25. The molecule has 0 radical (unpaired) electrons. The van der Waals surface area contributed by atoms with Crippen LogP contribution in [-0.2, 0) is 32.1 Å². The number of carbonyl (C=O) groups is 3. The van der Waals surface area contributed by atoms with Crippen molar-refractivity contribution in [3.8, 4) is 0 Å². The third kappa shape index (κ3) is 8.50. The van der Waals surface area contributed by atoms with Crippen molar-refractivity contribution in [1.29, 1.82) is 0 Å². The normalized spacial score (nSPS) is 15.5. The Labute approximate surface area is 185 Å². The van der Waals surface area contributed by atoms with Gasteiger partial charge in [-0.15, -0.1) is 0 Å². The number of alkyl carbamates (subject to hydrolysis) is 1. The van der Waals surface area contributed by atoms with Crippen LogP contribution in [0, 0.1) is 5.92 Å². The average Bonchev–Trinajstić information content (AvgIpc) is 2.82. The molecule has 0 aliphatic heterocycles. The Morgan fingerprint density at radius 3 is 2.10 bits per heavy atom. The van der Waals surface area contributed by atoms with E-state index in [0.717, 1.165) is 18.2 Å². The summed E-state index contributed by atoms with van der Waals surface area (Å²) in [5.74, 6) is -2.28. The van der Waals surface area contributed by atoms with Crippen molar-refractivity contribution in [1.82, 2.24) is 10.6 Å². The van der Waals surface area contributed by atoms with Crippen LogP contribution >= 0.6 is 0 Å². The van der Waals surface area contributed by atoms with E-state index in [9.17, 15) is 14.4 Å². The highest BCUT2D eigenvalue weighted by Crippen LogP contribution is 2.09. The van der Waals surface area contributed by atoms with Gasteiger partial charge in [-0.05, 0) is 23.4 Å². The Hall–Kier alpha value is -3.35. The summed E-state index contributed by atoms with van der Waals surface area (Å²) in [4.78, 5) is 37.9. The first-order valence-corrected chi connectivity index (χ1v) is 10.0. The van der Waals surface area contributed by atoms with Gasteiger partial charge in [-0.25, -0.2) is 9.59 Å². The molecule has 31 heavy (non-hydrogen) atoms. The molecule has 0 spiro atoms. The molecule has 3 atom stereocenters. The molecular weight excluding hydrogens is 396 g/mol. The van der Waals surface area contributed by atoms with E-state index in [4.69, 9.17) is 7.48 Å². The van der Waals surface area contributed by atoms with Crippen LogP contribution in [0.1, 0.15) is 34.1 Å². The highest BCUT2D eigenvalue weighted by molar-refractivity contribution is 5.89. The zero-order valence-corrected chi connectivity index (χ0v) is 18.0. The van der Waals surface area contributed by atoms with E-state index in [0.29, 0.717) is 0 Å². The van der Waals surface area contributed by atoms with E-state index >= 15 is 0 Å². The molecule has 2 rings (SSSR count). The molecule has 0 aliphatic carbocycles. The second-order valence-corrected chi connectivity index (χ2v) is 7.25. The number of amides is 2. The molecule has 166 valence electrons. The summed E-state index contributed by atoms with van der Waals surface area (Å²) >= 11 is 0. The van der Waals surface area contributed by atoms with E-state index in [-0.39, 0.29) is 13.0 Å². The molecule has 0 unspecified atom stereocenters. The average molecular weight is 429 g/mol. The van der Waals surface area contributed by atoms with Gasteiger partial charge in [0.15, 0.2) is 0 Å². The van der Waals surface area contributed by atoms with Crippen molar-refractivity contribution in [2.24, 2.45) is 5.92 Å². The number of carbonyl (C=O) groups excluding carboxylic acids is 3.